The third-order valence-corrected chi connectivity index (χ3v) is 9.29. The fourth-order valence-electron chi connectivity index (χ4n) is 4.47. The second-order valence-corrected chi connectivity index (χ2v) is 16.0. The molecule has 0 aliphatic heterocycles. The van der Waals surface area contributed by atoms with Crippen molar-refractivity contribution in [1.82, 2.24) is 29.1 Å². The first kappa shape index (κ1) is 55.5. The Kier molecular flexibility index (Phi) is 19.8. The lowest BCUT2D eigenvalue weighted by Crippen LogP contribution is -2.40. The Balaban J connectivity index is 0.000000379. The Hall–Kier alpha value is -6.66. The molecule has 0 aliphatic rings. The van der Waals surface area contributed by atoms with Crippen LogP contribution in [0.4, 0.5) is 41.5 Å². The van der Waals surface area contributed by atoms with Gasteiger partial charge in [0, 0.05) is 13.1 Å². The molecule has 0 aliphatic carbocycles. The fraction of sp³-hybridized carbons (Fsp3) is 0.273. The number of aromatic nitrogens is 4. The molecule has 33 heteroatoms. The third-order valence-electron chi connectivity index (χ3n) is 6.93. The molecule has 2 amide bonds. The van der Waals surface area contributed by atoms with Crippen LogP contribution in [0.5, 0.6) is 11.8 Å². The molecule has 362 valence electrons. The number of nitrogens with one attached hydrogen (secondary N) is 3. The first-order valence-corrected chi connectivity index (χ1v) is 20.8. The zero-order valence-corrected chi connectivity index (χ0v) is 35.7. The number of carbonyl (C=O) groups is 4. The van der Waals surface area contributed by atoms with E-state index in [1.807, 2.05) is 0 Å². The molecule has 0 saturated carbocycles. The van der Waals surface area contributed by atoms with Gasteiger partial charge in [0.15, 0.2) is 0 Å². The first-order valence-electron chi connectivity index (χ1n) is 17.2. The first-order chi connectivity index (χ1) is 30.3. The van der Waals surface area contributed by atoms with Gasteiger partial charge in [0.25, 0.3) is 15.6 Å². The highest BCUT2D eigenvalue weighted by atomic mass is 35.5. The molecule has 0 fully saturated rings. The number of halogens is 8. The summed E-state index contributed by atoms with van der Waals surface area (Å²) in [6, 6.07) is 7.14. The van der Waals surface area contributed by atoms with E-state index in [1.165, 1.54) is 29.0 Å². The molecule has 0 bridgehead atoms. The average molecular weight is 1010 g/mol. The number of nitrogens with zero attached hydrogens (tertiary/aromatic N) is 4. The van der Waals surface area contributed by atoms with Gasteiger partial charge in [-0.1, -0.05) is 23.7 Å². The van der Waals surface area contributed by atoms with Crippen LogP contribution in [0.25, 0.3) is 5.69 Å². The van der Waals surface area contributed by atoms with Crippen molar-refractivity contribution in [2.45, 2.75) is 44.2 Å². The largest absolute Gasteiger partial charge is 0.480 e. The summed E-state index contributed by atoms with van der Waals surface area (Å²) in [6.45, 7) is -4.02. The summed E-state index contributed by atoms with van der Waals surface area (Å²) in [5.41, 5.74) is -4.65. The normalized spacial score (nSPS) is 11.5. The predicted molar refractivity (Wildman–Crippen MR) is 208 cm³/mol. The molecular weight excluding hydrogens is 982 g/mol. The van der Waals surface area contributed by atoms with Crippen molar-refractivity contribution in [3.05, 3.63) is 97.3 Å². The van der Waals surface area contributed by atoms with Gasteiger partial charge in [-0.3, -0.25) is 29.4 Å². The summed E-state index contributed by atoms with van der Waals surface area (Å²) in [5.74, 6) is -6.39. The van der Waals surface area contributed by atoms with E-state index < -0.39 is 125 Å². The monoisotopic (exact) mass is 1010 g/mol. The van der Waals surface area contributed by atoms with Crippen molar-refractivity contribution in [3.8, 4) is 17.4 Å². The Morgan fingerprint density at radius 2 is 1.45 bits per heavy atom. The average Bonchev–Trinajstić information content (AvgIpc) is 3.15. The van der Waals surface area contributed by atoms with E-state index in [0.29, 0.717) is 21.3 Å². The van der Waals surface area contributed by atoms with Crippen LogP contribution in [0.1, 0.15) is 40.3 Å². The van der Waals surface area contributed by atoms with Crippen molar-refractivity contribution in [2.24, 2.45) is 7.05 Å². The number of anilines is 1. The summed E-state index contributed by atoms with van der Waals surface area (Å²) in [5, 5.41) is 20.8. The van der Waals surface area contributed by atoms with Crippen molar-refractivity contribution < 1.29 is 97.1 Å². The molecule has 23 nitrogen and oxygen atoms in total. The second-order valence-electron chi connectivity index (χ2n) is 12.3. The number of aromatic carboxylic acids is 1. The molecular formula is C33H32ClF7N7O16PS. The number of benzene rings is 2. The van der Waals surface area contributed by atoms with E-state index in [0.717, 1.165) is 25.2 Å². The van der Waals surface area contributed by atoms with Gasteiger partial charge in [-0.25, -0.2) is 36.9 Å². The molecule has 0 saturated heterocycles. The van der Waals surface area contributed by atoms with Crippen LogP contribution in [0.15, 0.2) is 69.1 Å². The Labute approximate surface area is 368 Å². The number of hydrogen-bond donors (Lipinski definition) is 7. The van der Waals surface area contributed by atoms with Gasteiger partial charge in [0.2, 0.25) is 17.7 Å². The van der Waals surface area contributed by atoms with Crippen molar-refractivity contribution in [2.75, 3.05) is 18.1 Å². The molecule has 0 spiro atoms. The number of amides is 2. The quantitative estimate of drug-likeness (QED) is 0.0509. The van der Waals surface area contributed by atoms with Crippen LogP contribution in [-0.2, 0) is 37.3 Å². The number of carboxylic acids is 2. The molecule has 0 unspecified atom stereocenters. The van der Waals surface area contributed by atoms with E-state index in [9.17, 15) is 72.5 Å². The molecule has 0 radical (unpaired) electrons. The highest BCUT2D eigenvalue weighted by Gasteiger charge is 2.35. The molecule has 7 N–H and O–H groups in total. The molecule has 4 aromatic rings. The number of rotatable bonds is 15. The highest BCUT2D eigenvalue weighted by molar-refractivity contribution is 7.90. The number of ether oxygens (including phenoxy) is 3. The lowest BCUT2D eigenvalue weighted by molar-refractivity contribution is -0.144. The standard InChI is InChI=1S/C16H14ClF3N2O4.C14H10F4N4O7S.C3H8NO5P/c1-8(2)26-14(24)10-6-9(4-5-11(10)17)22-13(23)7-12(16(18,19)20)21(3)15(22)25;15-11(16)28-8-5-9(29-12(17)18)20-13(19-8)21-14(25)22-30(26,27)7-4-2-1-3-6(7)10(23)24;5-3(6)1-4-2-10(7,8)9/h4-8H,1-3H3;1-5,11-12H,(H,23,24)(H2,19,20,21,22,25);4H,1-2H2,(H,5,6)(H2,7,8,9). The SMILES string of the molecule is CC(C)OC(=O)c1cc(-n2c(=O)cc(C(F)(F)F)n(C)c2=O)ccc1Cl.O=C(Nc1nc(OC(F)F)cc(OC(F)F)n1)NS(=O)(=O)c1ccccc1C(=O)O.O=C(O)CNCP(=O)(O)O. The Morgan fingerprint density at radius 1 is 0.894 bits per heavy atom. The maximum atomic E-state index is 12.9. The number of aliphatic carboxylic acids is 1. The summed E-state index contributed by atoms with van der Waals surface area (Å²) in [7, 11) is -7.92. The lowest BCUT2D eigenvalue weighted by Gasteiger charge is -2.15. The van der Waals surface area contributed by atoms with Crippen LogP contribution in [0.2, 0.25) is 5.02 Å². The number of carboxylic acid groups (broad SMARTS) is 2. The minimum Gasteiger partial charge on any atom is -0.480 e. The van der Waals surface area contributed by atoms with Gasteiger partial charge in [-0.15, -0.1) is 0 Å². The molecule has 0 atom stereocenters. The van der Waals surface area contributed by atoms with E-state index in [-0.39, 0.29) is 16.3 Å². The summed E-state index contributed by atoms with van der Waals surface area (Å²) in [6.07, 6.45) is -5.90. The van der Waals surface area contributed by atoms with Crippen molar-refractivity contribution in [3.63, 3.8) is 0 Å². The number of sulfonamides is 1. The van der Waals surface area contributed by atoms with Crippen LogP contribution >= 0.6 is 19.2 Å². The smallest absolute Gasteiger partial charge is 0.431 e. The molecule has 2 heterocycles. The zero-order valence-electron chi connectivity index (χ0n) is 33.2. The fourth-order valence-corrected chi connectivity index (χ4v) is 6.18. The van der Waals surface area contributed by atoms with Crippen LogP contribution in [0.3, 0.4) is 0 Å². The van der Waals surface area contributed by atoms with Crippen LogP contribution < -0.4 is 36.1 Å². The van der Waals surface area contributed by atoms with E-state index >= 15 is 0 Å². The zero-order chi connectivity index (χ0) is 50.5. The Morgan fingerprint density at radius 3 is 1.94 bits per heavy atom. The minimum absolute atomic E-state index is 0.0104. The van der Waals surface area contributed by atoms with Gasteiger partial charge >= 0.3 is 56.6 Å². The van der Waals surface area contributed by atoms with Gasteiger partial charge in [-0.05, 0) is 44.2 Å². The van der Waals surface area contributed by atoms with Crippen molar-refractivity contribution >= 4 is 59.1 Å². The number of esters is 1. The van der Waals surface area contributed by atoms with Gasteiger partial charge in [0.1, 0.15) is 10.6 Å². The maximum absolute atomic E-state index is 12.9. The minimum atomic E-state index is -4.86. The van der Waals surface area contributed by atoms with Gasteiger partial charge < -0.3 is 34.2 Å². The van der Waals surface area contributed by atoms with Gasteiger partial charge in [-0.2, -0.15) is 40.7 Å². The Bertz CT molecular complexity index is 2680. The van der Waals surface area contributed by atoms with Crippen molar-refractivity contribution in [1.29, 1.82) is 0 Å². The third kappa shape index (κ3) is 17.7. The molecule has 2 aromatic carbocycles. The van der Waals surface area contributed by atoms with E-state index in [4.69, 9.17) is 36.3 Å². The number of urea groups is 1. The van der Waals surface area contributed by atoms with Crippen LogP contribution in [0, 0.1) is 0 Å². The van der Waals surface area contributed by atoms with E-state index in [1.54, 1.807) is 19.2 Å². The number of hydrogen-bond acceptors (Lipinski definition) is 15. The van der Waals surface area contributed by atoms with Gasteiger partial charge in [0.05, 0.1) is 46.8 Å². The molecule has 4 rings (SSSR count). The van der Waals surface area contributed by atoms with E-state index in [2.05, 4.69) is 24.8 Å². The predicted octanol–water partition coefficient (Wildman–Crippen LogP) is 3.46. The second kappa shape index (κ2) is 23.5. The summed E-state index contributed by atoms with van der Waals surface area (Å²) in [4.78, 5) is 91.4. The maximum Gasteiger partial charge on any atom is 0.431 e. The lowest BCUT2D eigenvalue weighted by atomic mass is 10.2. The molecule has 66 heavy (non-hydrogen) atoms. The van der Waals surface area contributed by atoms with Crippen LogP contribution in [-0.4, -0.2) is 104 Å². The topological polar surface area (TPSA) is 334 Å². The summed E-state index contributed by atoms with van der Waals surface area (Å²) < 4.78 is 138. The number of alkyl halides is 7. The highest BCUT2D eigenvalue weighted by Crippen LogP contribution is 2.32. The number of carbonyl (C=O) groups excluding carboxylic acids is 2. The molecule has 2 aromatic heterocycles. The summed E-state index contributed by atoms with van der Waals surface area (Å²) >= 11 is 5.94.